The first-order chi connectivity index (χ1) is 13.1. The highest BCUT2D eigenvalue weighted by Crippen LogP contribution is 2.19. The van der Waals surface area contributed by atoms with Gasteiger partial charge in [-0.3, -0.25) is 9.78 Å². The lowest BCUT2D eigenvalue weighted by molar-refractivity contribution is 0.0954. The molecular formula is C22H22FN3O. The largest absolute Gasteiger partial charge is 0.377 e. The number of hydrogen-bond acceptors (Lipinski definition) is 3. The number of hydrogen-bond donors (Lipinski definition) is 2. The molecule has 138 valence electrons. The highest BCUT2D eigenvalue weighted by Gasteiger charge is 2.09. The molecule has 3 rings (SSSR count). The monoisotopic (exact) mass is 363 g/mol. The number of rotatable bonds is 7. The Kier molecular flexibility index (Phi) is 6.15. The first kappa shape index (κ1) is 18.6. The number of carbonyl (C=O) groups excluding carboxylic acids is 1. The Morgan fingerprint density at radius 2 is 1.81 bits per heavy atom. The molecule has 0 fully saturated rings. The fourth-order valence-electron chi connectivity index (χ4n) is 2.79. The van der Waals surface area contributed by atoms with E-state index in [1.807, 2.05) is 18.2 Å². The molecule has 2 N–H and O–H groups in total. The molecule has 3 aromatic rings. The van der Waals surface area contributed by atoms with Crippen molar-refractivity contribution >= 4 is 11.6 Å². The third-order valence-electron chi connectivity index (χ3n) is 4.30. The molecule has 1 unspecified atom stereocenters. The quantitative estimate of drug-likeness (QED) is 0.655. The molecule has 0 aliphatic heterocycles. The number of aromatic nitrogens is 1. The van der Waals surface area contributed by atoms with Crippen LogP contribution in [0.25, 0.3) is 0 Å². The van der Waals surface area contributed by atoms with Gasteiger partial charge in [0.05, 0.1) is 11.3 Å². The van der Waals surface area contributed by atoms with Crippen LogP contribution in [0, 0.1) is 5.82 Å². The highest BCUT2D eigenvalue weighted by atomic mass is 19.1. The predicted molar refractivity (Wildman–Crippen MR) is 105 cm³/mol. The van der Waals surface area contributed by atoms with Crippen molar-refractivity contribution in [2.24, 2.45) is 0 Å². The number of nitrogens with one attached hydrogen (secondary N) is 2. The minimum Gasteiger partial charge on any atom is -0.377 e. The Balaban J connectivity index is 1.56. The van der Waals surface area contributed by atoms with Crippen molar-refractivity contribution in [3.05, 3.63) is 95.6 Å². The molecular weight excluding hydrogens is 341 g/mol. The van der Waals surface area contributed by atoms with Gasteiger partial charge in [-0.2, -0.15) is 0 Å². The van der Waals surface area contributed by atoms with Crippen molar-refractivity contribution in [1.82, 2.24) is 10.3 Å². The highest BCUT2D eigenvalue weighted by molar-refractivity contribution is 5.94. The van der Waals surface area contributed by atoms with Crippen LogP contribution in [0.3, 0.4) is 0 Å². The molecule has 0 bridgehead atoms. The lowest BCUT2D eigenvalue weighted by atomic mass is 10.1. The standard InChI is InChI=1S/C22H22FN3O/c1-16(18-5-3-2-4-6-18)26-21-13-19(14-24-15-21)22(27)25-12-11-17-7-9-20(23)10-8-17/h2-10,13-16,26H,11-12H2,1H3,(H,25,27). The number of anilines is 1. The van der Waals surface area contributed by atoms with Crippen molar-refractivity contribution in [3.8, 4) is 0 Å². The molecule has 1 aromatic heterocycles. The summed E-state index contributed by atoms with van der Waals surface area (Å²) < 4.78 is 12.9. The molecule has 5 heteroatoms. The maximum Gasteiger partial charge on any atom is 0.252 e. The zero-order chi connectivity index (χ0) is 19.1. The van der Waals surface area contributed by atoms with Crippen molar-refractivity contribution in [2.75, 3.05) is 11.9 Å². The fraction of sp³-hybridized carbons (Fsp3) is 0.182. The SMILES string of the molecule is CC(Nc1cncc(C(=O)NCCc2ccc(F)cc2)c1)c1ccccc1. The van der Waals surface area contributed by atoms with Crippen LogP contribution < -0.4 is 10.6 Å². The molecule has 0 aliphatic carbocycles. The van der Waals surface area contributed by atoms with E-state index in [-0.39, 0.29) is 17.8 Å². The molecule has 0 saturated carbocycles. The van der Waals surface area contributed by atoms with Gasteiger partial charge in [0, 0.05) is 25.0 Å². The van der Waals surface area contributed by atoms with E-state index in [4.69, 9.17) is 0 Å². The van der Waals surface area contributed by atoms with Gasteiger partial charge in [0.1, 0.15) is 5.82 Å². The van der Waals surface area contributed by atoms with Gasteiger partial charge in [-0.15, -0.1) is 0 Å². The Hall–Kier alpha value is -3.21. The van der Waals surface area contributed by atoms with Crippen LogP contribution in [-0.2, 0) is 6.42 Å². The Morgan fingerprint density at radius 1 is 1.07 bits per heavy atom. The van der Waals surface area contributed by atoms with Crippen LogP contribution in [0.4, 0.5) is 10.1 Å². The second kappa shape index (κ2) is 8.94. The molecule has 0 radical (unpaired) electrons. The van der Waals surface area contributed by atoms with Crippen molar-refractivity contribution in [3.63, 3.8) is 0 Å². The maximum atomic E-state index is 12.9. The summed E-state index contributed by atoms with van der Waals surface area (Å²) in [5.41, 5.74) is 3.42. The number of nitrogens with zero attached hydrogens (tertiary/aromatic N) is 1. The van der Waals surface area contributed by atoms with Crippen LogP contribution in [0.5, 0.6) is 0 Å². The van der Waals surface area contributed by atoms with Gasteiger partial charge in [-0.1, -0.05) is 42.5 Å². The third-order valence-corrected chi connectivity index (χ3v) is 4.30. The molecule has 1 amide bonds. The third kappa shape index (κ3) is 5.38. The topological polar surface area (TPSA) is 54.0 Å². The number of halogens is 1. The van der Waals surface area contributed by atoms with Gasteiger partial charge in [0.15, 0.2) is 0 Å². The summed E-state index contributed by atoms with van der Waals surface area (Å²) in [5.74, 6) is -0.441. The summed E-state index contributed by atoms with van der Waals surface area (Å²) >= 11 is 0. The second-order valence-electron chi connectivity index (χ2n) is 6.37. The van der Waals surface area contributed by atoms with Gasteiger partial charge in [0.2, 0.25) is 0 Å². The summed E-state index contributed by atoms with van der Waals surface area (Å²) in [4.78, 5) is 16.5. The average molecular weight is 363 g/mol. The summed E-state index contributed by atoms with van der Waals surface area (Å²) in [7, 11) is 0. The summed E-state index contributed by atoms with van der Waals surface area (Å²) in [5, 5.41) is 6.24. The predicted octanol–water partition coefficient (Wildman–Crippen LogP) is 4.37. The van der Waals surface area contributed by atoms with E-state index in [9.17, 15) is 9.18 Å². The van der Waals surface area contributed by atoms with Crippen molar-refractivity contribution in [1.29, 1.82) is 0 Å². The summed E-state index contributed by atoms with van der Waals surface area (Å²) in [6.07, 6.45) is 3.89. The zero-order valence-electron chi connectivity index (χ0n) is 15.2. The van der Waals surface area contributed by atoms with E-state index >= 15 is 0 Å². The number of amides is 1. The van der Waals surface area contributed by atoms with Crippen molar-refractivity contribution < 1.29 is 9.18 Å². The minimum absolute atomic E-state index is 0.102. The molecule has 4 nitrogen and oxygen atoms in total. The van der Waals surface area contributed by atoms with Crippen LogP contribution in [0.2, 0.25) is 0 Å². The normalized spacial score (nSPS) is 11.6. The Morgan fingerprint density at radius 3 is 2.56 bits per heavy atom. The number of benzene rings is 2. The number of pyridine rings is 1. The van der Waals surface area contributed by atoms with Gasteiger partial charge in [0.25, 0.3) is 5.91 Å². The van der Waals surface area contributed by atoms with Crippen LogP contribution in [0.1, 0.15) is 34.5 Å². The lowest BCUT2D eigenvalue weighted by Gasteiger charge is -2.16. The Labute approximate surface area is 158 Å². The first-order valence-electron chi connectivity index (χ1n) is 8.91. The molecule has 0 spiro atoms. The van der Waals surface area contributed by atoms with E-state index in [0.717, 1.165) is 16.8 Å². The number of carbonyl (C=O) groups is 1. The zero-order valence-corrected chi connectivity index (χ0v) is 15.2. The van der Waals surface area contributed by atoms with Gasteiger partial charge < -0.3 is 10.6 Å². The molecule has 2 aromatic carbocycles. The van der Waals surface area contributed by atoms with Crippen LogP contribution >= 0.6 is 0 Å². The van der Waals surface area contributed by atoms with E-state index in [0.29, 0.717) is 18.5 Å². The minimum atomic E-state index is -0.261. The molecule has 27 heavy (non-hydrogen) atoms. The van der Waals surface area contributed by atoms with Crippen LogP contribution in [-0.4, -0.2) is 17.4 Å². The van der Waals surface area contributed by atoms with Gasteiger partial charge in [-0.05, 0) is 42.7 Å². The van der Waals surface area contributed by atoms with Crippen molar-refractivity contribution in [2.45, 2.75) is 19.4 Å². The molecule has 0 saturated heterocycles. The smallest absolute Gasteiger partial charge is 0.252 e. The van der Waals surface area contributed by atoms with E-state index in [1.54, 1.807) is 30.6 Å². The molecule has 0 aliphatic rings. The maximum absolute atomic E-state index is 12.9. The van der Waals surface area contributed by atoms with E-state index in [2.05, 4.69) is 34.7 Å². The van der Waals surface area contributed by atoms with E-state index in [1.165, 1.54) is 12.1 Å². The molecule has 1 heterocycles. The van der Waals surface area contributed by atoms with Crippen LogP contribution in [0.15, 0.2) is 73.1 Å². The fourth-order valence-corrected chi connectivity index (χ4v) is 2.79. The average Bonchev–Trinajstić information content (AvgIpc) is 2.70. The Bertz CT molecular complexity index is 882. The lowest BCUT2D eigenvalue weighted by Crippen LogP contribution is -2.26. The summed E-state index contributed by atoms with van der Waals surface area (Å²) in [6, 6.07) is 18.3. The first-order valence-corrected chi connectivity index (χ1v) is 8.91. The summed E-state index contributed by atoms with van der Waals surface area (Å²) in [6.45, 7) is 2.54. The van der Waals surface area contributed by atoms with Gasteiger partial charge in [-0.25, -0.2) is 4.39 Å². The molecule has 1 atom stereocenters. The van der Waals surface area contributed by atoms with Gasteiger partial charge >= 0.3 is 0 Å². The second-order valence-corrected chi connectivity index (χ2v) is 6.37. The van der Waals surface area contributed by atoms with E-state index < -0.39 is 0 Å².